The van der Waals surface area contributed by atoms with Gasteiger partial charge in [0, 0.05) is 22.7 Å². The van der Waals surface area contributed by atoms with E-state index in [0.717, 1.165) is 5.56 Å². The minimum atomic E-state index is -1.64. The first kappa shape index (κ1) is 21.8. The van der Waals surface area contributed by atoms with E-state index >= 15 is 0 Å². The van der Waals surface area contributed by atoms with Crippen LogP contribution in [0.3, 0.4) is 0 Å². The van der Waals surface area contributed by atoms with Gasteiger partial charge in [-0.1, -0.05) is 46.9 Å². The van der Waals surface area contributed by atoms with Crippen LogP contribution in [0.5, 0.6) is 17.2 Å². The third-order valence-electron chi connectivity index (χ3n) is 4.01. The van der Waals surface area contributed by atoms with Gasteiger partial charge in [0.05, 0.1) is 10.0 Å². The van der Waals surface area contributed by atoms with Crippen molar-refractivity contribution in [1.82, 2.24) is 0 Å². The Morgan fingerprint density at radius 1 is 0.933 bits per heavy atom. The predicted molar refractivity (Wildman–Crippen MR) is 115 cm³/mol. The molecular formula is C21H14Cl3NO5. The molecule has 154 valence electrons. The standard InChI is InChI=1S/C21H14Cl3NO5/c22-13-3-1-11(2-4-13)7-12-8-15(26)5-6-18(12)30-19-16(23)9-14(10-17(19)24)25-20(27)21(28)29/h1-6,8-10,26H,7H2,(H,25,27)(H,28,29). The van der Waals surface area contributed by atoms with E-state index in [-0.39, 0.29) is 27.2 Å². The quantitative estimate of drug-likeness (QED) is 0.416. The molecule has 0 fully saturated rings. The first-order valence-electron chi connectivity index (χ1n) is 8.50. The van der Waals surface area contributed by atoms with Crippen molar-refractivity contribution >= 4 is 52.4 Å². The van der Waals surface area contributed by atoms with Crippen molar-refractivity contribution in [2.24, 2.45) is 0 Å². The summed E-state index contributed by atoms with van der Waals surface area (Å²) in [5.41, 5.74) is 1.73. The van der Waals surface area contributed by atoms with Crippen molar-refractivity contribution in [3.8, 4) is 17.2 Å². The second-order valence-corrected chi connectivity index (χ2v) is 7.48. The fourth-order valence-corrected chi connectivity index (χ4v) is 3.34. The summed E-state index contributed by atoms with van der Waals surface area (Å²) >= 11 is 18.4. The van der Waals surface area contributed by atoms with Gasteiger partial charge in [-0.2, -0.15) is 0 Å². The van der Waals surface area contributed by atoms with Crippen molar-refractivity contribution < 1.29 is 24.5 Å². The average molecular weight is 467 g/mol. The summed E-state index contributed by atoms with van der Waals surface area (Å²) in [5, 5.41) is 21.5. The van der Waals surface area contributed by atoms with Crippen LogP contribution in [0.2, 0.25) is 15.1 Å². The van der Waals surface area contributed by atoms with Crippen LogP contribution in [0.15, 0.2) is 54.6 Å². The summed E-state index contributed by atoms with van der Waals surface area (Å²) < 4.78 is 5.90. The molecule has 0 heterocycles. The molecule has 3 aromatic rings. The fourth-order valence-electron chi connectivity index (χ4n) is 2.65. The molecule has 3 N–H and O–H groups in total. The Morgan fingerprint density at radius 2 is 1.57 bits per heavy atom. The first-order valence-corrected chi connectivity index (χ1v) is 9.64. The Bertz CT molecular complexity index is 1090. The Hall–Kier alpha value is -2.93. The number of carbonyl (C=O) groups is 2. The first-order chi connectivity index (χ1) is 14.2. The van der Waals surface area contributed by atoms with E-state index in [1.54, 1.807) is 24.3 Å². The van der Waals surface area contributed by atoms with Crippen LogP contribution in [0.4, 0.5) is 5.69 Å². The molecule has 0 spiro atoms. The number of rotatable bonds is 5. The monoisotopic (exact) mass is 465 g/mol. The van der Waals surface area contributed by atoms with Crippen molar-refractivity contribution in [2.75, 3.05) is 5.32 Å². The number of nitrogens with one attached hydrogen (secondary N) is 1. The van der Waals surface area contributed by atoms with E-state index in [4.69, 9.17) is 44.6 Å². The Balaban J connectivity index is 1.89. The molecule has 3 rings (SSSR count). The van der Waals surface area contributed by atoms with Gasteiger partial charge in [0.2, 0.25) is 0 Å². The summed E-state index contributed by atoms with van der Waals surface area (Å²) in [6, 6.07) is 14.5. The number of carboxylic acid groups (broad SMARTS) is 1. The van der Waals surface area contributed by atoms with Crippen LogP contribution in [-0.4, -0.2) is 22.1 Å². The lowest BCUT2D eigenvalue weighted by Crippen LogP contribution is -2.21. The number of aliphatic carboxylic acids is 1. The van der Waals surface area contributed by atoms with Gasteiger partial charge in [-0.15, -0.1) is 0 Å². The highest BCUT2D eigenvalue weighted by atomic mass is 35.5. The van der Waals surface area contributed by atoms with Crippen LogP contribution in [0, 0.1) is 0 Å². The van der Waals surface area contributed by atoms with Gasteiger partial charge < -0.3 is 20.3 Å². The minimum absolute atomic E-state index is 0.0636. The zero-order chi connectivity index (χ0) is 21.8. The van der Waals surface area contributed by atoms with Crippen molar-refractivity contribution in [1.29, 1.82) is 0 Å². The second kappa shape index (κ2) is 9.26. The van der Waals surface area contributed by atoms with Crippen molar-refractivity contribution in [2.45, 2.75) is 6.42 Å². The van der Waals surface area contributed by atoms with Gasteiger partial charge in [-0.25, -0.2) is 4.79 Å². The lowest BCUT2D eigenvalue weighted by Gasteiger charge is -2.15. The Kier molecular flexibility index (Phi) is 6.72. The third kappa shape index (κ3) is 5.36. The SMILES string of the molecule is O=C(O)C(=O)Nc1cc(Cl)c(Oc2ccc(O)cc2Cc2ccc(Cl)cc2)c(Cl)c1. The van der Waals surface area contributed by atoms with Gasteiger partial charge in [0.1, 0.15) is 11.5 Å². The lowest BCUT2D eigenvalue weighted by atomic mass is 10.0. The van der Waals surface area contributed by atoms with E-state index in [0.29, 0.717) is 22.8 Å². The number of amides is 1. The number of phenolic OH excluding ortho intramolecular Hbond substituents is 1. The molecular weight excluding hydrogens is 453 g/mol. The number of carboxylic acids is 1. The average Bonchev–Trinajstić information content (AvgIpc) is 2.68. The van der Waals surface area contributed by atoms with Gasteiger partial charge >= 0.3 is 11.9 Å². The summed E-state index contributed by atoms with van der Waals surface area (Å²) in [7, 11) is 0. The number of anilines is 1. The molecule has 30 heavy (non-hydrogen) atoms. The number of hydrogen-bond donors (Lipinski definition) is 3. The maximum Gasteiger partial charge on any atom is 0.394 e. The number of ether oxygens (including phenoxy) is 1. The maximum atomic E-state index is 11.3. The zero-order valence-electron chi connectivity index (χ0n) is 15.2. The summed E-state index contributed by atoms with van der Waals surface area (Å²) in [6.07, 6.45) is 0.447. The smallest absolute Gasteiger partial charge is 0.394 e. The van der Waals surface area contributed by atoms with Gasteiger partial charge in [-0.3, -0.25) is 4.79 Å². The van der Waals surface area contributed by atoms with Gasteiger partial charge in [0.15, 0.2) is 5.75 Å². The summed E-state index contributed by atoms with van der Waals surface area (Å²) in [6.45, 7) is 0. The molecule has 0 saturated carbocycles. The fraction of sp³-hybridized carbons (Fsp3) is 0.0476. The molecule has 0 aliphatic rings. The van der Waals surface area contributed by atoms with Crippen LogP contribution in [-0.2, 0) is 16.0 Å². The van der Waals surface area contributed by atoms with E-state index in [9.17, 15) is 14.7 Å². The molecule has 0 saturated heterocycles. The van der Waals surface area contributed by atoms with E-state index in [1.807, 2.05) is 12.1 Å². The Labute approximate surface area is 186 Å². The minimum Gasteiger partial charge on any atom is -0.508 e. The number of halogens is 3. The largest absolute Gasteiger partial charge is 0.508 e. The molecule has 0 aliphatic carbocycles. The highest BCUT2D eigenvalue weighted by molar-refractivity contribution is 6.39. The van der Waals surface area contributed by atoms with Crippen LogP contribution >= 0.6 is 34.8 Å². The number of hydrogen-bond acceptors (Lipinski definition) is 4. The van der Waals surface area contributed by atoms with Crippen LogP contribution in [0.1, 0.15) is 11.1 Å². The van der Waals surface area contributed by atoms with Crippen LogP contribution < -0.4 is 10.1 Å². The van der Waals surface area contributed by atoms with Crippen molar-refractivity contribution in [3.63, 3.8) is 0 Å². The second-order valence-electron chi connectivity index (χ2n) is 6.23. The molecule has 6 nitrogen and oxygen atoms in total. The molecule has 0 bridgehead atoms. The van der Waals surface area contributed by atoms with Crippen LogP contribution in [0.25, 0.3) is 0 Å². The number of benzene rings is 3. The molecule has 1 amide bonds. The summed E-state index contributed by atoms with van der Waals surface area (Å²) in [5.74, 6) is -2.27. The third-order valence-corrected chi connectivity index (χ3v) is 4.83. The van der Waals surface area contributed by atoms with Gasteiger partial charge in [0.25, 0.3) is 0 Å². The number of aromatic hydroxyl groups is 1. The maximum absolute atomic E-state index is 11.3. The number of carbonyl (C=O) groups excluding carboxylic acids is 1. The van der Waals surface area contributed by atoms with E-state index < -0.39 is 11.9 Å². The van der Waals surface area contributed by atoms with Crippen molar-refractivity contribution in [3.05, 3.63) is 80.8 Å². The summed E-state index contributed by atoms with van der Waals surface area (Å²) in [4.78, 5) is 22.0. The van der Waals surface area contributed by atoms with E-state index in [2.05, 4.69) is 5.32 Å². The Morgan fingerprint density at radius 3 is 2.17 bits per heavy atom. The normalized spacial score (nSPS) is 10.5. The number of phenols is 1. The highest BCUT2D eigenvalue weighted by Gasteiger charge is 2.17. The van der Waals surface area contributed by atoms with Gasteiger partial charge in [-0.05, 0) is 48.0 Å². The molecule has 0 atom stereocenters. The molecule has 0 radical (unpaired) electrons. The molecule has 9 heteroatoms. The molecule has 0 aromatic heterocycles. The van der Waals surface area contributed by atoms with E-state index in [1.165, 1.54) is 18.2 Å². The molecule has 3 aromatic carbocycles. The highest BCUT2D eigenvalue weighted by Crippen LogP contribution is 2.40. The molecule has 0 aliphatic heterocycles. The topological polar surface area (TPSA) is 95.9 Å². The molecule has 0 unspecified atom stereocenters. The zero-order valence-corrected chi connectivity index (χ0v) is 17.4. The lowest BCUT2D eigenvalue weighted by molar-refractivity contribution is -0.147. The predicted octanol–water partition coefficient (Wildman–Crippen LogP) is 5.76.